The zero-order valence-electron chi connectivity index (χ0n) is 11.8. The molecular weight excluding hydrogens is 338 g/mol. The summed E-state index contributed by atoms with van der Waals surface area (Å²) >= 11 is 3.25. The van der Waals surface area contributed by atoms with Gasteiger partial charge in [-0.25, -0.2) is 0 Å². The SMILES string of the molecule is CC1CCN(C(=O)c2ccc([N+](=O)[O-])cc2Br)C(CN)C1. The number of likely N-dealkylation sites (tertiary alicyclic amines) is 1. The van der Waals surface area contributed by atoms with Crippen LogP contribution in [0, 0.1) is 16.0 Å². The highest BCUT2D eigenvalue weighted by Crippen LogP contribution is 2.28. The number of carbonyl (C=O) groups excluding carboxylic acids is 1. The first-order valence-corrected chi connectivity index (χ1v) is 7.68. The molecule has 0 aliphatic carbocycles. The third-order valence-electron chi connectivity index (χ3n) is 3.90. The van der Waals surface area contributed by atoms with E-state index in [1.165, 1.54) is 18.2 Å². The second kappa shape index (κ2) is 6.53. The fourth-order valence-corrected chi connectivity index (χ4v) is 3.22. The van der Waals surface area contributed by atoms with Crippen LogP contribution in [0.5, 0.6) is 0 Å². The number of nitrogens with two attached hydrogens (primary N) is 1. The smallest absolute Gasteiger partial charge is 0.270 e. The lowest BCUT2D eigenvalue weighted by molar-refractivity contribution is -0.384. The standard InChI is InChI=1S/C14H18BrN3O3/c1-9-4-5-17(11(6-9)8-16)14(19)12-3-2-10(18(20)21)7-13(12)15/h2-3,7,9,11H,4-6,8,16H2,1H3. The van der Waals surface area contributed by atoms with Gasteiger partial charge in [-0.2, -0.15) is 0 Å². The maximum Gasteiger partial charge on any atom is 0.270 e. The lowest BCUT2D eigenvalue weighted by atomic mass is 9.92. The molecule has 1 aromatic rings. The second-order valence-electron chi connectivity index (χ2n) is 5.44. The first kappa shape index (κ1) is 15.9. The maximum atomic E-state index is 12.6. The monoisotopic (exact) mass is 355 g/mol. The number of rotatable bonds is 3. The summed E-state index contributed by atoms with van der Waals surface area (Å²) < 4.78 is 0.441. The van der Waals surface area contributed by atoms with Gasteiger partial charge in [0.2, 0.25) is 0 Å². The van der Waals surface area contributed by atoms with Crippen molar-refractivity contribution in [2.75, 3.05) is 13.1 Å². The van der Waals surface area contributed by atoms with Gasteiger partial charge in [-0.1, -0.05) is 6.92 Å². The van der Waals surface area contributed by atoms with Crippen LogP contribution in [0.3, 0.4) is 0 Å². The summed E-state index contributed by atoms with van der Waals surface area (Å²) in [6.45, 7) is 3.26. The van der Waals surface area contributed by atoms with Gasteiger partial charge < -0.3 is 10.6 Å². The zero-order valence-corrected chi connectivity index (χ0v) is 13.4. The molecule has 0 spiro atoms. The van der Waals surface area contributed by atoms with Gasteiger partial charge in [0.25, 0.3) is 11.6 Å². The second-order valence-corrected chi connectivity index (χ2v) is 6.29. The number of nitrogens with zero attached hydrogens (tertiary/aromatic N) is 2. The molecule has 1 aliphatic rings. The molecule has 1 fully saturated rings. The third-order valence-corrected chi connectivity index (χ3v) is 4.56. The minimum Gasteiger partial charge on any atom is -0.334 e. The number of carbonyl (C=O) groups is 1. The van der Waals surface area contributed by atoms with E-state index in [1.54, 1.807) is 4.90 Å². The van der Waals surface area contributed by atoms with Crippen molar-refractivity contribution in [2.45, 2.75) is 25.8 Å². The topological polar surface area (TPSA) is 89.5 Å². The summed E-state index contributed by atoms with van der Waals surface area (Å²) in [6.07, 6.45) is 1.85. The minimum absolute atomic E-state index is 0.0309. The number of hydrogen-bond donors (Lipinski definition) is 1. The fraction of sp³-hybridized carbons (Fsp3) is 0.500. The Balaban J connectivity index is 2.25. The summed E-state index contributed by atoms with van der Waals surface area (Å²) in [5, 5.41) is 10.7. The number of hydrogen-bond acceptors (Lipinski definition) is 4. The molecule has 0 aromatic heterocycles. The van der Waals surface area contributed by atoms with Crippen LogP contribution in [0.1, 0.15) is 30.1 Å². The van der Waals surface area contributed by atoms with Gasteiger partial charge >= 0.3 is 0 Å². The average Bonchev–Trinajstić information content (AvgIpc) is 2.46. The van der Waals surface area contributed by atoms with Crippen molar-refractivity contribution in [2.24, 2.45) is 11.7 Å². The third kappa shape index (κ3) is 3.41. The molecule has 0 bridgehead atoms. The number of nitro benzene ring substituents is 1. The van der Waals surface area contributed by atoms with Gasteiger partial charge in [0.05, 0.1) is 10.5 Å². The van der Waals surface area contributed by atoms with Crippen molar-refractivity contribution in [1.82, 2.24) is 4.90 Å². The molecule has 0 radical (unpaired) electrons. The van der Waals surface area contributed by atoms with Crippen LogP contribution in [0.15, 0.2) is 22.7 Å². The summed E-state index contributed by atoms with van der Waals surface area (Å²) in [5.74, 6) is 0.432. The predicted molar refractivity (Wildman–Crippen MR) is 83.1 cm³/mol. The van der Waals surface area contributed by atoms with Crippen LogP contribution in [-0.4, -0.2) is 34.9 Å². The van der Waals surface area contributed by atoms with E-state index in [9.17, 15) is 14.9 Å². The Bertz CT molecular complexity index is 564. The Labute approximate surface area is 131 Å². The lowest BCUT2D eigenvalue weighted by Crippen LogP contribution is -2.49. The molecule has 0 saturated carbocycles. The first-order valence-electron chi connectivity index (χ1n) is 6.89. The highest BCUT2D eigenvalue weighted by atomic mass is 79.9. The highest BCUT2D eigenvalue weighted by Gasteiger charge is 2.30. The highest BCUT2D eigenvalue weighted by molar-refractivity contribution is 9.10. The lowest BCUT2D eigenvalue weighted by Gasteiger charge is -2.38. The van der Waals surface area contributed by atoms with E-state index >= 15 is 0 Å². The number of amides is 1. The number of halogens is 1. The van der Waals surface area contributed by atoms with E-state index in [2.05, 4.69) is 22.9 Å². The molecule has 2 unspecified atom stereocenters. The maximum absolute atomic E-state index is 12.6. The fourth-order valence-electron chi connectivity index (χ4n) is 2.69. The van der Waals surface area contributed by atoms with Gasteiger partial charge in [0, 0.05) is 35.7 Å². The van der Waals surface area contributed by atoms with Crippen LogP contribution in [0.25, 0.3) is 0 Å². The largest absolute Gasteiger partial charge is 0.334 e. The van der Waals surface area contributed by atoms with E-state index in [4.69, 9.17) is 5.73 Å². The number of nitro groups is 1. The van der Waals surface area contributed by atoms with Crippen LogP contribution in [-0.2, 0) is 0 Å². The normalized spacial score (nSPS) is 22.1. The molecular formula is C14H18BrN3O3. The van der Waals surface area contributed by atoms with Crippen molar-refractivity contribution < 1.29 is 9.72 Å². The van der Waals surface area contributed by atoms with E-state index in [0.29, 0.717) is 29.0 Å². The van der Waals surface area contributed by atoms with Crippen LogP contribution < -0.4 is 5.73 Å². The van der Waals surface area contributed by atoms with Gasteiger partial charge in [-0.05, 0) is 40.8 Å². The van der Waals surface area contributed by atoms with Gasteiger partial charge in [0.15, 0.2) is 0 Å². The molecule has 2 N–H and O–H groups in total. The summed E-state index contributed by atoms with van der Waals surface area (Å²) in [5.41, 5.74) is 6.18. The molecule has 1 saturated heterocycles. The van der Waals surface area contributed by atoms with Crippen LogP contribution >= 0.6 is 15.9 Å². The van der Waals surface area contributed by atoms with Crippen molar-refractivity contribution in [3.8, 4) is 0 Å². The van der Waals surface area contributed by atoms with E-state index in [-0.39, 0.29) is 17.6 Å². The first-order chi connectivity index (χ1) is 9.93. The molecule has 1 heterocycles. The number of non-ortho nitro benzene ring substituents is 1. The van der Waals surface area contributed by atoms with Crippen molar-refractivity contribution in [3.63, 3.8) is 0 Å². The van der Waals surface area contributed by atoms with E-state index in [0.717, 1.165) is 12.8 Å². The molecule has 1 amide bonds. The van der Waals surface area contributed by atoms with Crippen LogP contribution in [0.2, 0.25) is 0 Å². The Morgan fingerprint density at radius 2 is 2.29 bits per heavy atom. The Morgan fingerprint density at radius 3 is 2.86 bits per heavy atom. The molecule has 1 aromatic carbocycles. The Morgan fingerprint density at radius 1 is 1.57 bits per heavy atom. The van der Waals surface area contributed by atoms with E-state index in [1.807, 2.05) is 0 Å². The summed E-state index contributed by atoms with van der Waals surface area (Å²) in [4.78, 5) is 24.7. The molecule has 2 rings (SSSR count). The van der Waals surface area contributed by atoms with Crippen molar-refractivity contribution >= 4 is 27.5 Å². The molecule has 2 atom stereocenters. The minimum atomic E-state index is -0.482. The van der Waals surface area contributed by atoms with Gasteiger partial charge in [-0.3, -0.25) is 14.9 Å². The van der Waals surface area contributed by atoms with Gasteiger partial charge in [0.1, 0.15) is 0 Å². The van der Waals surface area contributed by atoms with Crippen molar-refractivity contribution in [3.05, 3.63) is 38.3 Å². The van der Waals surface area contributed by atoms with Crippen molar-refractivity contribution in [1.29, 1.82) is 0 Å². The van der Waals surface area contributed by atoms with E-state index < -0.39 is 4.92 Å². The summed E-state index contributed by atoms with van der Waals surface area (Å²) in [6, 6.07) is 4.23. The molecule has 114 valence electrons. The average molecular weight is 356 g/mol. The molecule has 7 heteroatoms. The molecule has 1 aliphatic heterocycles. The number of benzene rings is 1. The molecule has 6 nitrogen and oxygen atoms in total. The van der Waals surface area contributed by atoms with Gasteiger partial charge in [-0.15, -0.1) is 0 Å². The Kier molecular flexibility index (Phi) is 4.95. The molecule has 21 heavy (non-hydrogen) atoms. The predicted octanol–water partition coefficient (Wildman–Crippen LogP) is 2.56. The van der Waals surface area contributed by atoms with Crippen LogP contribution in [0.4, 0.5) is 5.69 Å². The Hall–Kier alpha value is -1.47. The zero-order chi connectivity index (χ0) is 15.6. The summed E-state index contributed by atoms with van der Waals surface area (Å²) in [7, 11) is 0. The number of piperidine rings is 1. The quantitative estimate of drug-likeness (QED) is 0.666.